The Morgan fingerprint density at radius 1 is 1.19 bits per heavy atom. The molecular weight excluding hydrogens is 363 g/mol. The third-order valence-corrected chi connectivity index (χ3v) is 4.52. The molecular formula is C19H16F3NO4. The van der Waals surface area contributed by atoms with Gasteiger partial charge in [0, 0.05) is 17.8 Å². The molecule has 0 aliphatic carbocycles. The van der Waals surface area contributed by atoms with Gasteiger partial charge in [0.25, 0.3) is 11.2 Å². The molecule has 0 saturated carbocycles. The van der Waals surface area contributed by atoms with Crippen molar-refractivity contribution in [3.63, 3.8) is 0 Å². The molecule has 1 aromatic carbocycles. The first-order chi connectivity index (χ1) is 12.7. The average Bonchev–Trinajstić information content (AvgIpc) is 2.61. The first-order valence-electron chi connectivity index (χ1n) is 8.19. The van der Waals surface area contributed by atoms with Crippen molar-refractivity contribution in [2.75, 3.05) is 0 Å². The standard InChI is InChI=1S/C19H16F3NO4/c1-2-12-13-7-3-4-8-14(13)27-18(19(20,21)22,16(12)17(25)26)11-23-10-6-5-9-15(23)24/h3-10H,2,11H2,1H3,(H,25,26). The van der Waals surface area contributed by atoms with Crippen molar-refractivity contribution in [1.29, 1.82) is 0 Å². The second-order valence-electron chi connectivity index (χ2n) is 6.10. The number of hydrogen-bond acceptors (Lipinski definition) is 3. The minimum atomic E-state index is -5.08. The van der Waals surface area contributed by atoms with Gasteiger partial charge in [0.15, 0.2) is 0 Å². The molecule has 0 amide bonds. The summed E-state index contributed by atoms with van der Waals surface area (Å²) in [6.07, 6.45) is -3.85. The SMILES string of the molecule is CCC1=C(C(=O)O)C(Cn2ccccc2=O)(C(F)(F)F)Oc2ccccc21. The third-order valence-electron chi connectivity index (χ3n) is 4.52. The normalized spacial score (nSPS) is 19.4. The number of rotatable bonds is 4. The van der Waals surface area contributed by atoms with E-state index in [-0.39, 0.29) is 17.7 Å². The van der Waals surface area contributed by atoms with Crippen LogP contribution in [0.25, 0.3) is 5.57 Å². The number of pyridine rings is 1. The predicted molar refractivity (Wildman–Crippen MR) is 91.4 cm³/mol. The minimum Gasteiger partial charge on any atom is -0.478 e. The van der Waals surface area contributed by atoms with Crippen molar-refractivity contribution in [3.8, 4) is 5.75 Å². The summed E-state index contributed by atoms with van der Waals surface area (Å²) in [5.74, 6) is -1.80. The van der Waals surface area contributed by atoms with Crippen LogP contribution in [0.4, 0.5) is 13.2 Å². The van der Waals surface area contributed by atoms with Gasteiger partial charge >= 0.3 is 12.1 Å². The molecule has 3 rings (SSSR count). The number of benzene rings is 1. The molecule has 0 bridgehead atoms. The highest BCUT2D eigenvalue weighted by Crippen LogP contribution is 2.49. The molecule has 0 radical (unpaired) electrons. The number of allylic oxidation sites excluding steroid dienone is 1. The number of carboxylic acids is 1. The van der Waals surface area contributed by atoms with E-state index >= 15 is 0 Å². The Kier molecular flexibility index (Phi) is 4.59. The molecule has 27 heavy (non-hydrogen) atoms. The highest BCUT2D eigenvalue weighted by atomic mass is 19.4. The fourth-order valence-electron chi connectivity index (χ4n) is 3.32. The van der Waals surface area contributed by atoms with Gasteiger partial charge < -0.3 is 14.4 Å². The van der Waals surface area contributed by atoms with E-state index in [1.54, 1.807) is 13.0 Å². The lowest BCUT2D eigenvalue weighted by Crippen LogP contribution is -2.59. The first-order valence-corrected chi connectivity index (χ1v) is 8.19. The van der Waals surface area contributed by atoms with Crippen molar-refractivity contribution >= 4 is 11.5 Å². The number of hydrogen-bond donors (Lipinski definition) is 1. The first kappa shape index (κ1) is 18.8. The summed E-state index contributed by atoms with van der Waals surface area (Å²) < 4.78 is 49.0. The Balaban J connectivity index is 2.34. The highest BCUT2D eigenvalue weighted by Gasteiger charge is 2.64. The molecule has 2 aromatic rings. The van der Waals surface area contributed by atoms with Gasteiger partial charge in [-0.3, -0.25) is 4.79 Å². The number of aromatic nitrogens is 1. The van der Waals surface area contributed by atoms with E-state index < -0.39 is 35.4 Å². The van der Waals surface area contributed by atoms with E-state index in [1.807, 2.05) is 0 Å². The molecule has 0 spiro atoms. The van der Waals surface area contributed by atoms with Gasteiger partial charge in [-0.15, -0.1) is 0 Å². The fraction of sp³-hybridized carbons (Fsp3) is 0.263. The number of fused-ring (bicyclic) bond motifs is 1. The van der Waals surface area contributed by atoms with Gasteiger partial charge in [-0.2, -0.15) is 13.2 Å². The van der Waals surface area contributed by atoms with E-state index in [0.717, 1.165) is 10.6 Å². The maximum absolute atomic E-state index is 14.3. The number of nitrogens with zero attached hydrogens (tertiary/aromatic N) is 1. The Labute approximate surface area is 152 Å². The number of halogens is 3. The zero-order chi connectivity index (χ0) is 19.8. The lowest BCUT2D eigenvalue weighted by Gasteiger charge is -2.41. The number of carbonyl (C=O) groups is 1. The monoisotopic (exact) mass is 379 g/mol. The van der Waals surface area contributed by atoms with Gasteiger partial charge in [0.2, 0.25) is 0 Å². The van der Waals surface area contributed by atoms with E-state index in [4.69, 9.17) is 4.74 Å². The van der Waals surface area contributed by atoms with Crippen LogP contribution < -0.4 is 10.3 Å². The Hall–Kier alpha value is -3.03. The molecule has 1 atom stereocenters. The number of ether oxygens (including phenoxy) is 1. The summed E-state index contributed by atoms with van der Waals surface area (Å²) in [4.78, 5) is 24.0. The molecule has 1 aliphatic rings. The lowest BCUT2D eigenvalue weighted by atomic mass is 9.81. The van der Waals surface area contributed by atoms with Crippen LogP contribution in [0.1, 0.15) is 18.9 Å². The molecule has 1 aliphatic heterocycles. The molecule has 8 heteroatoms. The maximum atomic E-state index is 14.3. The summed E-state index contributed by atoms with van der Waals surface area (Å²) in [6, 6.07) is 9.87. The smallest absolute Gasteiger partial charge is 0.434 e. The maximum Gasteiger partial charge on any atom is 0.434 e. The van der Waals surface area contributed by atoms with Crippen LogP contribution in [-0.4, -0.2) is 27.4 Å². The number of alkyl halides is 3. The lowest BCUT2D eigenvalue weighted by molar-refractivity contribution is -0.240. The average molecular weight is 379 g/mol. The van der Waals surface area contributed by atoms with Gasteiger partial charge in [-0.1, -0.05) is 31.2 Å². The van der Waals surface area contributed by atoms with Crippen LogP contribution in [0.3, 0.4) is 0 Å². The van der Waals surface area contributed by atoms with Crippen LogP contribution in [-0.2, 0) is 11.3 Å². The summed E-state index contributed by atoms with van der Waals surface area (Å²) >= 11 is 0. The van der Waals surface area contributed by atoms with E-state index in [1.165, 1.54) is 36.5 Å². The topological polar surface area (TPSA) is 68.5 Å². The molecule has 0 saturated heterocycles. The largest absolute Gasteiger partial charge is 0.478 e. The predicted octanol–water partition coefficient (Wildman–Crippen LogP) is 3.49. The number of carboxylic acid groups (broad SMARTS) is 1. The van der Waals surface area contributed by atoms with Crippen LogP contribution in [0.15, 0.2) is 59.0 Å². The second-order valence-corrected chi connectivity index (χ2v) is 6.10. The van der Waals surface area contributed by atoms with Crippen LogP contribution in [0, 0.1) is 0 Å². The minimum absolute atomic E-state index is 0.0330. The third kappa shape index (κ3) is 3.01. The Bertz CT molecular complexity index is 977. The Morgan fingerprint density at radius 3 is 2.44 bits per heavy atom. The Morgan fingerprint density at radius 2 is 1.85 bits per heavy atom. The van der Waals surface area contributed by atoms with E-state index in [2.05, 4.69) is 0 Å². The zero-order valence-electron chi connectivity index (χ0n) is 14.3. The van der Waals surface area contributed by atoms with Gasteiger partial charge in [0.1, 0.15) is 5.75 Å². The van der Waals surface area contributed by atoms with E-state index in [9.17, 15) is 27.9 Å². The van der Waals surface area contributed by atoms with Gasteiger partial charge in [0.05, 0.1) is 12.1 Å². The van der Waals surface area contributed by atoms with Crippen molar-refractivity contribution in [1.82, 2.24) is 4.57 Å². The number of para-hydroxylation sites is 1. The molecule has 1 unspecified atom stereocenters. The van der Waals surface area contributed by atoms with E-state index in [0.29, 0.717) is 5.56 Å². The van der Waals surface area contributed by atoms with Gasteiger partial charge in [-0.25, -0.2) is 4.79 Å². The quantitative estimate of drug-likeness (QED) is 0.883. The van der Waals surface area contributed by atoms with Crippen LogP contribution in [0.5, 0.6) is 5.75 Å². The highest BCUT2D eigenvalue weighted by molar-refractivity contribution is 6.00. The van der Waals surface area contributed by atoms with Gasteiger partial charge in [-0.05, 0) is 24.1 Å². The molecule has 1 aromatic heterocycles. The van der Waals surface area contributed by atoms with Crippen LogP contribution >= 0.6 is 0 Å². The second kappa shape index (κ2) is 6.61. The summed E-state index contributed by atoms with van der Waals surface area (Å²) in [6.45, 7) is 0.575. The summed E-state index contributed by atoms with van der Waals surface area (Å²) in [5.41, 5.74) is -4.44. The fourth-order valence-corrected chi connectivity index (χ4v) is 3.32. The molecule has 0 fully saturated rings. The van der Waals surface area contributed by atoms with Crippen molar-refractivity contribution < 1.29 is 27.8 Å². The molecule has 5 nitrogen and oxygen atoms in total. The van der Waals surface area contributed by atoms with Crippen molar-refractivity contribution in [3.05, 3.63) is 70.2 Å². The molecule has 1 N–H and O–H groups in total. The molecule has 2 heterocycles. The van der Waals surface area contributed by atoms with Crippen molar-refractivity contribution in [2.24, 2.45) is 0 Å². The molecule has 142 valence electrons. The summed E-state index contributed by atoms with van der Waals surface area (Å²) in [5, 5.41) is 9.69. The number of aliphatic carboxylic acids is 1. The zero-order valence-corrected chi connectivity index (χ0v) is 14.3. The van der Waals surface area contributed by atoms with Crippen LogP contribution in [0.2, 0.25) is 0 Å². The van der Waals surface area contributed by atoms with Crippen molar-refractivity contribution in [2.45, 2.75) is 31.7 Å². The summed E-state index contributed by atoms with van der Waals surface area (Å²) in [7, 11) is 0.